The lowest BCUT2D eigenvalue weighted by Gasteiger charge is -2.28. The van der Waals surface area contributed by atoms with Gasteiger partial charge in [0, 0.05) is 43.5 Å². The highest BCUT2D eigenvalue weighted by molar-refractivity contribution is 5.81. The lowest BCUT2D eigenvalue weighted by atomic mass is 10.0. The fraction of sp³-hybridized carbons (Fsp3) is 0.308. The molecular weight excluding hydrogens is 469 g/mol. The summed E-state index contributed by atoms with van der Waals surface area (Å²) in [5.74, 6) is 1.02. The highest BCUT2D eigenvalue weighted by Crippen LogP contribution is 2.35. The summed E-state index contributed by atoms with van der Waals surface area (Å²) in [6, 6.07) is 8.47. The van der Waals surface area contributed by atoms with Gasteiger partial charge in [-0.2, -0.15) is 0 Å². The number of rotatable bonds is 4. The van der Waals surface area contributed by atoms with Crippen LogP contribution < -0.4 is 16.4 Å². The summed E-state index contributed by atoms with van der Waals surface area (Å²) < 4.78 is 44.9. The molecule has 0 spiro atoms. The Hall–Kier alpha value is -3.95. The van der Waals surface area contributed by atoms with E-state index in [2.05, 4.69) is 20.3 Å². The number of hydrogen-bond acceptors (Lipinski definition) is 5. The van der Waals surface area contributed by atoms with Crippen LogP contribution in [0.5, 0.6) is 0 Å². The molecule has 0 bridgehead atoms. The summed E-state index contributed by atoms with van der Waals surface area (Å²) in [5, 5.41) is 3.43. The molecule has 3 aliphatic heterocycles. The number of benzene rings is 1. The standard InChI is InChI=1S/C26H25F3N6O/c1-14(17-6-4-7-18(22(17)27)23(28)29)31-24-20-13-19(16-8-11-34(3)21(36)12-16)25-30-9-5-10-35(25)26(20)33-15(2)32-24/h4,6-8,11-14,23,30H,5,9-10H2,1-3H3/t14-/m1/s1. The number of aromatic nitrogens is 4. The zero-order chi connectivity index (χ0) is 25.6. The minimum Gasteiger partial charge on any atom is -0.371 e. The Morgan fingerprint density at radius 3 is 2.64 bits per heavy atom. The van der Waals surface area contributed by atoms with Crippen LogP contribution in [-0.4, -0.2) is 25.6 Å². The number of alkyl halides is 2. The third-order valence-electron chi connectivity index (χ3n) is 6.41. The van der Waals surface area contributed by atoms with Crippen LogP contribution in [0.1, 0.15) is 42.8 Å². The van der Waals surface area contributed by atoms with Gasteiger partial charge in [-0.1, -0.05) is 18.2 Å². The molecule has 3 aliphatic rings. The second-order valence-corrected chi connectivity index (χ2v) is 8.89. The maximum absolute atomic E-state index is 14.8. The maximum Gasteiger partial charge on any atom is 0.266 e. The zero-order valence-electron chi connectivity index (χ0n) is 20.1. The quantitative estimate of drug-likeness (QED) is 0.450. The average molecular weight is 495 g/mol. The molecule has 2 aromatic rings. The topological polar surface area (TPSA) is 77.1 Å². The number of halogens is 3. The normalized spacial score (nSPS) is 14.7. The molecule has 0 saturated heterocycles. The highest BCUT2D eigenvalue weighted by atomic mass is 19.3. The number of aryl methyl sites for hydroxylation is 2. The van der Waals surface area contributed by atoms with Gasteiger partial charge < -0.3 is 14.5 Å². The van der Waals surface area contributed by atoms with Crippen molar-refractivity contribution in [3.8, 4) is 22.5 Å². The van der Waals surface area contributed by atoms with E-state index in [-0.39, 0.29) is 11.1 Å². The first kappa shape index (κ1) is 23.8. The lowest BCUT2D eigenvalue weighted by Crippen LogP contribution is -2.27. The molecule has 0 fully saturated rings. The van der Waals surface area contributed by atoms with Gasteiger partial charge in [-0.05, 0) is 38.0 Å². The van der Waals surface area contributed by atoms with Gasteiger partial charge in [0.25, 0.3) is 12.0 Å². The van der Waals surface area contributed by atoms with Crippen molar-refractivity contribution in [3.05, 3.63) is 81.2 Å². The molecule has 1 N–H and O–H groups in total. The Kier molecular flexibility index (Phi) is 6.11. The molecule has 186 valence electrons. The summed E-state index contributed by atoms with van der Waals surface area (Å²) in [7, 11) is 1.69. The van der Waals surface area contributed by atoms with Gasteiger partial charge >= 0.3 is 0 Å². The molecule has 0 radical (unpaired) electrons. The first-order valence-electron chi connectivity index (χ1n) is 11.7. The Balaban J connectivity index is 1.75. The van der Waals surface area contributed by atoms with Gasteiger partial charge in [0.2, 0.25) is 0 Å². The number of hydrogen-bond donors (Lipinski definition) is 1. The Bertz CT molecular complexity index is 1560. The minimum atomic E-state index is -2.92. The van der Waals surface area contributed by atoms with Crippen molar-refractivity contribution in [2.75, 3.05) is 11.9 Å². The molecule has 10 heteroatoms. The van der Waals surface area contributed by atoms with Gasteiger partial charge in [0.05, 0.1) is 17.2 Å². The van der Waals surface area contributed by atoms with E-state index in [9.17, 15) is 18.0 Å². The van der Waals surface area contributed by atoms with Crippen LogP contribution >= 0.6 is 0 Å². The largest absolute Gasteiger partial charge is 0.371 e. The van der Waals surface area contributed by atoms with E-state index in [0.717, 1.165) is 36.0 Å². The van der Waals surface area contributed by atoms with E-state index < -0.39 is 23.8 Å². The average Bonchev–Trinajstić information content (AvgIpc) is 2.85. The first-order chi connectivity index (χ1) is 17.2. The van der Waals surface area contributed by atoms with Crippen LogP contribution in [0.4, 0.5) is 19.0 Å². The van der Waals surface area contributed by atoms with Crippen molar-refractivity contribution < 1.29 is 13.2 Å². The van der Waals surface area contributed by atoms with E-state index in [1.54, 1.807) is 33.2 Å². The van der Waals surface area contributed by atoms with Crippen LogP contribution in [0.15, 0.2) is 52.4 Å². The summed E-state index contributed by atoms with van der Waals surface area (Å²) >= 11 is 0. The van der Waals surface area contributed by atoms with E-state index in [1.807, 2.05) is 16.7 Å². The maximum atomic E-state index is 14.8. The number of fused-ring (bicyclic) bond motifs is 3. The SMILES string of the molecule is Cc1nc2n3c(c(-c4ccn(C)c(=O)c4)cc-2c(=N[C@H](C)c2cccc(C(F)F)c2F)n1)NCCC3. The van der Waals surface area contributed by atoms with E-state index in [0.29, 0.717) is 29.2 Å². The molecule has 1 atom stereocenters. The third kappa shape index (κ3) is 4.16. The monoisotopic (exact) mass is 494 g/mol. The molecule has 1 aromatic heterocycles. The summed E-state index contributed by atoms with van der Waals surface area (Å²) in [6.07, 6.45) is -0.333. The molecule has 4 heterocycles. The Labute approximate surface area is 205 Å². The van der Waals surface area contributed by atoms with Crippen molar-refractivity contribution in [1.82, 2.24) is 19.1 Å². The number of nitrogens with zero attached hydrogens (tertiary/aromatic N) is 5. The Morgan fingerprint density at radius 1 is 1.11 bits per heavy atom. The molecule has 0 amide bonds. The van der Waals surface area contributed by atoms with Gasteiger partial charge in [-0.25, -0.2) is 23.1 Å². The lowest BCUT2D eigenvalue weighted by molar-refractivity contribution is 0.146. The molecule has 5 rings (SSSR count). The smallest absolute Gasteiger partial charge is 0.266 e. The fourth-order valence-corrected chi connectivity index (χ4v) is 4.55. The fourth-order valence-electron chi connectivity index (χ4n) is 4.55. The van der Waals surface area contributed by atoms with Crippen LogP contribution in [0.25, 0.3) is 22.5 Å². The molecule has 36 heavy (non-hydrogen) atoms. The number of nitrogens with one attached hydrogen (secondary N) is 1. The van der Waals surface area contributed by atoms with Crippen molar-refractivity contribution in [3.63, 3.8) is 0 Å². The first-order valence-corrected chi connectivity index (χ1v) is 11.7. The molecule has 1 aromatic carbocycles. The Morgan fingerprint density at radius 2 is 1.89 bits per heavy atom. The van der Waals surface area contributed by atoms with E-state index in [4.69, 9.17) is 0 Å². The number of pyridine rings is 2. The van der Waals surface area contributed by atoms with E-state index >= 15 is 0 Å². The third-order valence-corrected chi connectivity index (χ3v) is 6.41. The predicted molar refractivity (Wildman–Crippen MR) is 130 cm³/mol. The molecule has 0 aliphatic carbocycles. The van der Waals surface area contributed by atoms with Crippen LogP contribution in [0.2, 0.25) is 0 Å². The summed E-state index contributed by atoms with van der Waals surface area (Å²) in [4.78, 5) is 26.2. The molecular formula is C26H25F3N6O. The summed E-state index contributed by atoms with van der Waals surface area (Å²) in [5.41, 5.74) is 1.75. The molecule has 7 nitrogen and oxygen atoms in total. The van der Waals surface area contributed by atoms with Crippen molar-refractivity contribution in [2.45, 2.75) is 39.3 Å². The number of anilines is 1. The van der Waals surface area contributed by atoms with Gasteiger partial charge in [-0.15, -0.1) is 0 Å². The van der Waals surface area contributed by atoms with Crippen molar-refractivity contribution >= 4 is 5.82 Å². The van der Waals surface area contributed by atoms with Gasteiger partial charge in [0.1, 0.15) is 23.3 Å². The van der Waals surface area contributed by atoms with Crippen molar-refractivity contribution in [2.24, 2.45) is 12.0 Å². The second kappa shape index (κ2) is 9.25. The zero-order valence-corrected chi connectivity index (χ0v) is 20.1. The van der Waals surface area contributed by atoms with E-state index in [1.165, 1.54) is 16.7 Å². The van der Waals surface area contributed by atoms with Gasteiger partial charge in [0.15, 0.2) is 5.49 Å². The van der Waals surface area contributed by atoms with Crippen LogP contribution in [-0.2, 0) is 13.6 Å². The predicted octanol–water partition coefficient (Wildman–Crippen LogP) is 4.61. The molecule has 0 unspecified atom stereocenters. The van der Waals surface area contributed by atoms with Crippen molar-refractivity contribution in [1.29, 1.82) is 0 Å². The second-order valence-electron chi connectivity index (χ2n) is 8.89. The van der Waals surface area contributed by atoms with Gasteiger partial charge in [-0.3, -0.25) is 9.79 Å². The van der Waals surface area contributed by atoms with Crippen LogP contribution in [0, 0.1) is 12.7 Å². The minimum absolute atomic E-state index is 0.0660. The highest BCUT2D eigenvalue weighted by Gasteiger charge is 2.24. The molecule has 0 saturated carbocycles. The summed E-state index contributed by atoms with van der Waals surface area (Å²) in [6.45, 7) is 4.88. The van der Waals surface area contributed by atoms with Crippen LogP contribution in [0.3, 0.4) is 0 Å².